The molecule has 310 valence electrons. The van der Waals surface area contributed by atoms with Gasteiger partial charge >= 0.3 is 5.97 Å². The van der Waals surface area contributed by atoms with Gasteiger partial charge in [-0.3, -0.25) is 9.59 Å². The van der Waals surface area contributed by atoms with Crippen molar-refractivity contribution in [3.05, 3.63) is 107 Å². The third kappa shape index (κ3) is 13.1. The van der Waals surface area contributed by atoms with Crippen molar-refractivity contribution in [2.24, 2.45) is 11.8 Å². The monoisotopic (exact) mass is 781 g/mol. The fourth-order valence-electron chi connectivity index (χ4n) is 8.13. The van der Waals surface area contributed by atoms with E-state index in [-0.39, 0.29) is 29.8 Å². The lowest BCUT2D eigenvalue weighted by atomic mass is 9.89. The number of carbonyl (C=O) groups excluding carboxylic acids is 2. The molecule has 3 N–H and O–H groups in total. The van der Waals surface area contributed by atoms with Crippen LogP contribution in [0.2, 0.25) is 0 Å². The molecule has 9 heteroatoms. The quantitative estimate of drug-likeness (QED) is 0.0556. The van der Waals surface area contributed by atoms with Crippen molar-refractivity contribution in [1.29, 1.82) is 0 Å². The first-order valence-corrected chi connectivity index (χ1v) is 21.4. The Balaban J connectivity index is 1.83. The molecular weight excluding hydrogens is 713 g/mol. The maximum atomic E-state index is 15.0. The number of piperidine rings is 2. The zero-order valence-electron chi connectivity index (χ0n) is 35.4. The standard InChI is InChI=1S/C48H68N4O5/c1-8-10-15-22-38(36(7)51-27-18-13-19-28-51)41(31-34(3)4)49-46(53)45(37-25-26-40(48(55)56)44(33-37)57-9-2)47(54)50-42(32-35(5)6)39-23-16-11-12-17-24-43(39)52-29-20-14-21-30-52/h8,10-12,17,22-23,25-26,33-35,41-42,45H,7,9,13-15,18-21,24,27-32H2,1-6H3,(H,49,53)(H,50,54)(H,55,56)/b10-8-,17-12-,38-22+,43-39-/t16?,41-,42?,45?/m1/s1. The van der Waals surface area contributed by atoms with Gasteiger partial charge < -0.3 is 30.3 Å². The Hall–Kier alpha value is -4.75. The predicted octanol–water partition coefficient (Wildman–Crippen LogP) is 9.23. The number of nitrogens with zero attached hydrogens (tertiary/aromatic N) is 2. The van der Waals surface area contributed by atoms with E-state index in [1.807, 2.05) is 31.2 Å². The van der Waals surface area contributed by atoms with Crippen LogP contribution in [0.5, 0.6) is 5.75 Å². The van der Waals surface area contributed by atoms with E-state index in [0.29, 0.717) is 24.8 Å². The molecule has 9 nitrogen and oxygen atoms in total. The van der Waals surface area contributed by atoms with Crippen LogP contribution in [0.4, 0.5) is 0 Å². The van der Waals surface area contributed by atoms with E-state index in [1.54, 1.807) is 19.1 Å². The largest absolute Gasteiger partial charge is 0.493 e. The number of nitrogens with one attached hydrogen (secondary N) is 2. The first-order valence-electron chi connectivity index (χ1n) is 21.4. The highest BCUT2D eigenvalue weighted by Crippen LogP contribution is 2.31. The van der Waals surface area contributed by atoms with Crippen LogP contribution < -0.4 is 15.4 Å². The Morgan fingerprint density at radius 3 is 2.25 bits per heavy atom. The number of allylic oxidation sites excluding steroid dienone is 5. The molecule has 2 unspecified atom stereocenters. The van der Waals surface area contributed by atoms with Crippen LogP contribution in [0.25, 0.3) is 0 Å². The van der Waals surface area contributed by atoms with Crippen molar-refractivity contribution in [3.8, 4) is 5.75 Å². The van der Waals surface area contributed by atoms with Gasteiger partial charge in [0.1, 0.15) is 17.2 Å². The molecule has 0 saturated carbocycles. The van der Waals surface area contributed by atoms with Crippen LogP contribution >= 0.6 is 0 Å². The molecule has 2 saturated heterocycles. The van der Waals surface area contributed by atoms with Gasteiger partial charge in [-0.1, -0.05) is 70.7 Å². The molecule has 1 aliphatic carbocycles. The molecule has 0 bridgehead atoms. The van der Waals surface area contributed by atoms with Gasteiger partial charge in [-0.25, -0.2) is 4.79 Å². The molecule has 3 atom stereocenters. The smallest absolute Gasteiger partial charge is 0.339 e. The molecule has 0 aromatic heterocycles. The third-order valence-corrected chi connectivity index (χ3v) is 10.9. The molecule has 3 aliphatic rings. The summed E-state index contributed by atoms with van der Waals surface area (Å²) < 4.78 is 5.80. The molecule has 2 amide bonds. The second-order valence-electron chi connectivity index (χ2n) is 16.3. The number of carbonyl (C=O) groups is 3. The van der Waals surface area contributed by atoms with Crippen molar-refractivity contribution >= 4 is 17.8 Å². The number of hydrogen-bond donors (Lipinski definition) is 3. The summed E-state index contributed by atoms with van der Waals surface area (Å²) in [5.74, 6) is -2.79. The van der Waals surface area contributed by atoms with E-state index in [1.165, 1.54) is 24.6 Å². The summed E-state index contributed by atoms with van der Waals surface area (Å²) in [4.78, 5) is 47.1. The van der Waals surface area contributed by atoms with Gasteiger partial charge in [-0.05, 0) is 119 Å². The summed E-state index contributed by atoms with van der Waals surface area (Å²) in [5, 5.41) is 16.7. The minimum atomic E-state index is -1.30. The van der Waals surface area contributed by atoms with Gasteiger partial charge in [0.15, 0.2) is 0 Å². The van der Waals surface area contributed by atoms with E-state index in [0.717, 1.165) is 75.1 Å². The summed E-state index contributed by atoms with van der Waals surface area (Å²) in [5.41, 5.74) is 7.69. The van der Waals surface area contributed by atoms with Crippen LogP contribution in [0.3, 0.4) is 0 Å². The molecule has 0 radical (unpaired) electrons. The highest BCUT2D eigenvalue weighted by molar-refractivity contribution is 6.06. The van der Waals surface area contributed by atoms with E-state index in [2.05, 4.69) is 78.7 Å². The predicted molar refractivity (Wildman–Crippen MR) is 231 cm³/mol. The van der Waals surface area contributed by atoms with Gasteiger partial charge in [0.25, 0.3) is 0 Å². The van der Waals surface area contributed by atoms with Crippen molar-refractivity contribution in [1.82, 2.24) is 20.4 Å². The summed E-state index contributed by atoms with van der Waals surface area (Å²) in [6, 6.07) is 3.73. The summed E-state index contributed by atoms with van der Waals surface area (Å²) in [7, 11) is 0. The van der Waals surface area contributed by atoms with Crippen LogP contribution in [0, 0.1) is 11.8 Å². The first-order chi connectivity index (χ1) is 27.4. The summed E-state index contributed by atoms with van der Waals surface area (Å²) in [6.45, 7) is 20.8. The van der Waals surface area contributed by atoms with Crippen LogP contribution in [-0.4, -0.2) is 77.6 Å². The molecule has 2 aliphatic heterocycles. The zero-order chi connectivity index (χ0) is 41.3. The maximum Gasteiger partial charge on any atom is 0.339 e. The molecule has 2 heterocycles. The summed E-state index contributed by atoms with van der Waals surface area (Å²) >= 11 is 0. The Morgan fingerprint density at radius 1 is 0.947 bits per heavy atom. The second-order valence-corrected chi connectivity index (χ2v) is 16.3. The van der Waals surface area contributed by atoms with Crippen LogP contribution in [0.1, 0.15) is 128 Å². The molecule has 1 aromatic carbocycles. The van der Waals surface area contributed by atoms with Gasteiger partial charge in [0, 0.05) is 49.6 Å². The molecular formula is C48H68N4O5. The molecule has 0 spiro atoms. The number of benzene rings is 1. The van der Waals surface area contributed by atoms with Crippen molar-refractivity contribution in [3.63, 3.8) is 0 Å². The number of likely N-dealkylation sites (tertiary alicyclic amines) is 2. The molecule has 4 rings (SSSR count). The number of carboxylic acid groups (broad SMARTS) is 1. The Morgan fingerprint density at radius 2 is 1.61 bits per heavy atom. The fourth-order valence-corrected chi connectivity index (χ4v) is 8.13. The SMILES string of the molecule is C=C(/C(=C\C/C=C\C)[C@@H](CC(C)C)NC(=O)C(C(=O)NC(CC(C)C)/C1=C(\N2CCCCC2)C/C=C\C=C=C1)c1ccc(C(=O)O)c(OCC)c1)N1CCCCC1. The summed E-state index contributed by atoms with van der Waals surface area (Å²) in [6.07, 6.45) is 23.8. The fraction of sp³-hybridized carbons (Fsp3) is 0.542. The van der Waals surface area contributed by atoms with Gasteiger partial charge in [-0.2, -0.15) is 0 Å². The maximum absolute atomic E-state index is 15.0. The lowest BCUT2D eigenvalue weighted by Gasteiger charge is -2.36. The molecule has 2 fully saturated rings. The lowest BCUT2D eigenvalue weighted by Crippen LogP contribution is -2.48. The minimum Gasteiger partial charge on any atom is -0.493 e. The first kappa shape index (κ1) is 45.0. The zero-order valence-corrected chi connectivity index (χ0v) is 35.4. The van der Waals surface area contributed by atoms with E-state index in [9.17, 15) is 9.90 Å². The Kier molecular flexibility index (Phi) is 18.0. The topological polar surface area (TPSA) is 111 Å². The van der Waals surface area contributed by atoms with Gasteiger partial charge in [0.2, 0.25) is 11.8 Å². The van der Waals surface area contributed by atoms with Gasteiger partial charge in [0.05, 0.1) is 18.7 Å². The van der Waals surface area contributed by atoms with E-state index in [4.69, 9.17) is 4.74 Å². The van der Waals surface area contributed by atoms with Crippen LogP contribution in [-0.2, 0) is 9.59 Å². The average Bonchev–Trinajstić information content (AvgIpc) is 3.16. The second kappa shape index (κ2) is 22.9. The third-order valence-electron chi connectivity index (χ3n) is 10.9. The number of hydrogen-bond acceptors (Lipinski definition) is 6. The van der Waals surface area contributed by atoms with E-state index >= 15 is 9.59 Å². The van der Waals surface area contributed by atoms with Crippen LogP contribution in [0.15, 0.2) is 95.6 Å². The Bertz CT molecular complexity index is 1730. The highest BCUT2D eigenvalue weighted by atomic mass is 16.5. The average molecular weight is 781 g/mol. The normalized spacial score (nSPS) is 19.9. The van der Waals surface area contributed by atoms with E-state index < -0.39 is 35.8 Å². The minimum absolute atomic E-state index is 0.0293. The Labute approximate surface area is 342 Å². The van der Waals surface area contributed by atoms with Crippen molar-refractivity contribution in [2.45, 2.75) is 124 Å². The molecule has 57 heavy (non-hydrogen) atoms. The van der Waals surface area contributed by atoms with Gasteiger partial charge in [-0.15, -0.1) is 5.73 Å². The number of carboxylic acids is 1. The number of rotatable bonds is 19. The number of ether oxygens (including phenoxy) is 1. The number of aromatic carboxylic acids is 1. The highest BCUT2D eigenvalue weighted by Gasteiger charge is 2.35. The lowest BCUT2D eigenvalue weighted by molar-refractivity contribution is -0.132. The number of amides is 2. The van der Waals surface area contributed by atoms with Crippen molar-refractivity contribution in [2.75, 3.05) is 32.8 Å². The van der Waals surface area contributed by atoms with Crippen molar-refractivity contribution < 1.29 is 24.2 Å². The molecule has 1 aromatic rings.